The second-order valence-electron chi connectivity index (χ2n) is 7.27. The van der Waals surface area contributed by atoms with Crippen molar-refractivity contribution in [2.24, 2.45) is 0 Å². The van der Waals surface area contributed by atoms with Crippen LogP contribution in [-0.2, 0) is 16.1 Å². The third kappa shape index (κ3) is 3.87. The fraction of sp³-hybridized carbons (Fsp3) is 0.400. The summed E-state index contributed by atoms with van der Waals surface area (Å²) in [4.78, 5) is 19.8. The van der Waals surface area contributed by atoms with E-state index in [0.717, 1.165) is 10.6 Å². The number of hydrogen-bond donors (Lipinski definition) is 0. The second-order valence-corrected chi connectivity index (χ2v) is 7.71. The van der Waals surface area contributed by atoms with Gasteiger partial charge in [0.15, 0.2) is 0 Å². The van der Waals surface area contributed by atoms with Crippen molar-refractivity contribution in [3.63, 3.8) is 0 Å². The van der Waals surface area contributed by atoms with Gasteiger partial charge in [0.05, 0.1) is 22.9 Å². The number of halogens is 3. The Balaban J connectivity index is 1.47. The number of piperidine rings is 1. The van der Waals surface area contributed by atoms with Crippen molar-refractivity contribution >= 4 is 23.2 Å². The Bertz CT molecular complexity index is 840. The molecule has 0 radical (unpaired) electrons. The van der Waals surface area contributed by atoms with Gasteiger partial charge < -0.3 is 9.64 Å². The molecule has 0 saturated carbocycles. The van der Waals surface area contributed by atoms with Crippen LogP contribution in [0.5, 0.6) is 0 Å². The number of amides is 1. The van der Waals surface area contributed by atoms with Gasteiger partial charge in [-0.25, -0.2) is 0 Å². The lowest BCUT2D eigenvalue weighted by Gasteiger charge is -2.48. The number of pyridine rings is 1. The van der Waals surface area contributed by atoms with Crippen molar-refractivity contribution in [3.8, 4) is 0 Å². The molecule has 0 unspecified atom stereocenters. The fourth-order valence-corrected chi connectivity index (χ4v) is 3.90. The molecule has 2 saturated heterocycles. The van der Waals surface area contributed by atoms with E-state index in [4.69, 9.17) is 16.3 Å². The first-order valence-electron chi connectivity index (χ1n) is 9.15. The lowest BCUT2D eigenvalue weighted by molar-refractivity contribution is -0.293. The van der Waals surface area contributed by atoms with Gasteiger partial charge in [-0.05, 0) is 37.1 Å². The van der Waals surface area contributed by atoms with Gasteiger partial charge in [-0.3, -0.25) is 14.7 Å². The molecule has 8 heteroatoms. The minimum absolute atomic E-state index is 0.123. The number of aromatic nitrogens is 1. The van der Waals surface area contributed by atoms with Crippen molar-refractivity contribution < 1.29 is 18.3 Å². The lowest BCUT2D eigenvalue weighted by atomic mass is 9.88. The Labute approximate surface area is 166 Å². The average Bonchev–Trinajstić information content (AvgIpc) is 2.69. The Morgan fingerprint density at radius 2 is 1.82 bits per heavy atom. The molecule has 5 nitrogen and oxygen atoms in total. The van der Waals surface area contributed by atoms with Gasteiger partial charge in [0.2, 0.25) is 0 Å². The fourth-order valence-electron chi connectivity index (χ4n) is 3.79. The van der Waals surface area contributed by atoms with Crippen molar-refractivity contribution in [3.05, 3.63) is 59.4 Å². The van der Waals surface area contributed by atoms with E-state index < -0.39 is 17.6 Å². The van der Waals surface area contributed by atoms with Gasteiger partial charge in [-0.15, -0.1) is 0 Å². The largest absolute Gasteiger partial charge is 0.437 e. The van der Waals surface area contributed by atoms with E-state index in [1.54, 1.807) is 42.6 Å². The van der Waals surface area contributed by atoms with E-state index in [0.29, 0.717) is 43.2 Å². The molecule has 0 N–H and O–H groups in total. The summed E-state index contributed by atoms with van der Waals surface area (Å²) in [6, 6.07) is 12.2. The number of morpholine rings is 1. The van der Waals surface area contributed by atoms with Crippen molar-refractivity contribution in [2.45, 2.75) is 31.1 Å². The summed E-state index contributed by atoms with van der Waals surface area (Å²) in [5.41, 5.74) is 0.274. The molecule has 1 amide bonds. The maximum Gasteiger partial charge on any atom is 0.437 e. The predicted molar refractivity (Wildman–Crippen MR) is 101 cm³/mol. The highest BCUT2D eigenvalue weighted by molar-refractivity contribution is 6.30. The van der Waals surface area contributed by atoms with E-state index in [-0.39, 0.29) is 6.54 Å². The number of hydrogen-bond acceptors (Lipinski definition) is 4. The summed E-state index contributed by atoms with van der Waals surface area (Å²) >= 11 is 5.86. The molecule has 1 spiro atoms. The van der Waals surface area contributed by atoms with Gasteiger partial charge in [-0.2, -0.15) is 8.78 Å². The number of likely N-dealkylation sites (tertiary alicyclic amines) is 1. The van der Waals surface area contributed by atoms with E-state index in [1.165, 1.54) is 0 Å². The molecule has 0 atom stereocenters. The van der Waals surface area contributed by atoms with Crippen LogP contribution < -0.4 is 4.90 Å². The number of benzene rings is 1. The first kappa shape index (κ1) is 19.2. The number of anilines is 1. The molecule has 148 valence electrons. The van der Waals surface area contributed by atoms with Crippen LogP contribution in [-0.4, -0.2) is 47.1 Å². The topological polar surface area (TPSA) is 45.7 Å². The molecular formula is C20H20ClF2N3O2. The SMILES string of the molecule is O=C1N(c2ccccc2)CC2(CCN(Cc3ccc(Cl)cn3)CC2)OC1(F)F. The predicted octanol–water partition coefficient (Wildman–Crippen LogP) is 3.73. The summed E-state index contributed by atoms with van der Waals surface area (Å²) in [6.45, 7) is 1.90. The number of carbonyl (C=O) groups excluding carboxylic acids is 1. The lowest BCUT2D eigenvalue weighted by Crippen LogP contribution is -2.64. The van der Waals surface area contributed by atoms with E-state index >= 15 is 0 Å². The number of carbonyl (C=O) groups is 1. The van der Waals surface area contributed by atoms with Crippen LogP contribution in [0.3, 0.4) is 0 Å². The Kier molecular flexibility index (Phi) is 5.07. The Hall–Kier alpha value is -2.09. The van der Waals surface area contributed by atoms with Crippen LogP contribution in [0.4, 0.5) is 14.5 Å². The minimum Gasteiger partial charge on any atom is -0.304 e. The zero-order valence-electron chi connectivity index (χ0n) is 15.2. The minimum atomic E-state index is -3.83. The molecule has 2 aliphatic rings. The summed E-state index contributed by atoms with van der Waals surface area (Å²) in [5.74, 6) is -1.31. The number of alkyl halides is 2. The van der Waals surface area contributed by atoms with Crippen LogP contribution in [0, 0.1) is 0 Å². The molecule has 0 bridgehead atoms. The van der Waals surface area contributed by atoms with Crippen LogP contribution in [0.25, 0.3) is 0 Å². The molecule has 2 aliphatic heterocycles. The van der Waals surface area contributed by atoms with Crippen molar-refractivity contribution in [1.82, 2.24) is 9.88 Å². The molecule has 4 rings (SSSR count). The van der Waals surface area contributed by atoms with Gasteiger partial charge in [0.25, 0.3) is 0 Å². The first-order chi connectivity index (χ1) is 13.4. The van der Waals surface area contributed by atoms with E-state index in [2.05, 4.69) is 9.88 Å². The highest BCUT2D eigenvalue weighted by Gasteiger charge is 2.57. The molecule has 28 heavy (non-hydrogen) atoms. The van der Waals surface area contributed by atoms with Gasteiger partial charge in [-0.1, -0.05) is 29.8 Å². The Morgan fingerprint density at radius 3 is 2.46 bits per heavy atom. The first-order valence-corrected chi connectivity index (χ1v) is 9.53. The highest BCUT2D eigenvalue weighted by atomic mass is 35.5. The zero-order valence-corrected chi connectivity index (χ0v) is 15.9. The van der Waals surface area contributed by atoms with E-state index in [1.807, 2.05) is 6.07 Å². The molecule has 2 fully saturated rings. The summed E-state index contributed by atoms with van der Waals surface area (Å²) < 4.78 is 33.9. The number of nitrogens with zero attached hydrogens (tertiary/aromatic N) is 3. The molecule has 1 aromatic carbocycles. The molecular weight excluding hydrogens is 388 g/mol. The van der Waals surface area contributed by atoms with Crippen LogP contribution in [0.2, 0.25) is 5.02 Å². The van der Waals surface area contributed by atoms with Gasteiger partial charge in [0.1, 0.15) is 0 Å². The highest BCUT2D eigenvalue weighted by Crippen LogP contribution is 2.40. The third-order valence-corrected chi connectivity index (χ3v) is 5.52. The molecule has 2 aromatic rings. The number of ether oxygens (including phenoxy) is 1. The van der Waals surface area contributed by atoms with Crippen LogP contribution in [0.15, 0.2) is 48.7 Å². The van der Waals surface area contributed by atoms with Crippen LogP contribution in [0.1, 0.15) is 18.5 Å². The second kappa shape index (κ2) is 7.39. The molecule has 0 aliphatic carbocycles. The molecule has 3 heterocycles. The third-order valence-electron chi connectivity index (χ3n) is 5.29. The smallest absolute Gasteiger partial charge is 0.304 e. The maximum absolute atomic E-state index is 14.4. The molecule has 1 aromatic heterocycles. The normalized spacial score (nSPS) is 21.8. The number of rotatable bonds is 3. The van der Waals surface area contributed by atoms with Gasteiger partial charge in [0, 0.05) is 31.5 Å². The van der Waals surface area contributed by atoms with Crippen molar-refractivity contribution in [2.75, 3.05) is 24.5 Å². The summed E-state index contributed by atoms with van der Waals surface area (Å²) in [7, 11) is 0. The summed E-state index contributed by atoms with van der Waals surface area (Å²) in [6.07, 6.45) is -1.41. The standard InChI is InChI=1S/C20H20ClF2N3O2/c21-15-6-7-16(24-12-15)13-25-10-8-19(9-11-25)14-26(17-4-2-1-3-5-17)18(27)20(22,23)28-19/h1-7,12H,8-11,13-14H2. The van der Waals surface area contributed by atoms with Crippen molar-refractivity contribution in [1.29, 1.82) is 0 Å². The van der Waals surface area contributed by atoms with E-state index in [9.17, 15) is 13.6 Å². The zero-order chi connectivity index (χ0) is 19.8. The van der Waals surface area contributed by atoms with Crippen LogP contribution >= 0.6 is 11.6 Å². The maximum atomic E-state index is 14.4. The van der Waals surface area contributed by atoms with Gasteiger partial charge >= 0.3 is 12.0 Å². The monoisotopic (exact) mass is 407 g/mol. The quantitative estimate of drug-likeness (QED) is 0.777. The summed E-state index contributed by atoms with van der Waals surface area (Å²) in [5, 5.41) is 0.574. The average molecular weight is 408 g/mol. The Morgan fingerprint density at radius 1 is 1.11 bits per heavy atom. The number of para-hydroxylation sites is 1.